The van der Waals surface area contributed by atoms with Gasteiger partial charge in [-0.3, -0.25) is 0 Å². The minimum Gasteiger partial charge on any atom is -0.309 e. The summed E-state index contributed by atoms with van der Waals surface area (Å²) in [7, 11) is 0. The molecule has 9 aromatic rings. The number of benzene rings is 9. The van der Waals surface area contributed by atoms with E-state index in [0.29, 0.717) is 0 Å². The van der Waals surface area contributed by atoms with Crippen LogP contribution in [-0.4, -0.2) is 0 Å². The van der Waals surface area contributed by atoms with E-state index in [9.17, 15) is 0 Å². The Bertz CT molecular complexity index is 3130. The van der Waals surface area contributed by atoms with Gasteiger partial charge in [-0.25, -0.2) is 0 Å². The number of para-hydroxylation sites is 2. The van der Waals surface area contributed by atoms with E-state index in [0.717, 1.165) is 17.1 Å². The minimum atomic E-state index is -0.116. The zero-order valence-electron chi connectivity index (χ0n) is 35.2. The molecular formula is C60H47N. The number of anilines is 3. The van der Waals surface area contributed by atoms with Gasteiger partial charge >= 0.3 is 0 Å². The number of hydrogen-bond acceptors (Lipinski definition) is 1. The van der Waals surface area contributed by atoms with Crippen LogP contribution < -0.4 is 4.90 Å². The summed E-state index contributed by atoms with van der Waals surface area (Å²) in [4.78, 5) is 2.54. The van der Waals surface area contributed by atoms with E-state index in [1.54, 1.807) is 0 Å². The monoisotopic (exact) mass is 781 g/mol. The molecule has 0 aliphatic heterocycles. The molecule has 1 heteroatoms. The van der Waals surface area contributed by atoms with Crippen molar-refractivity contribution < 1.29 is 0 Å². The SMILES string of the molecule is CC1(C)c2ccccc2-c2ccc(-c3ccccc3N(c3ccc(-c4ccccc4)cc3-c3ccccc3)c3ccccc3-c3cccc4c3-c3ccccc3C4(C)C)cc21. The molecule has 0 bridgehead atoms. The van der Waals surface area contributed by atoms with Crippen molar-refractivity contribution >= 4 is 17.1 Å². The third-order valence-electron chi connectivity index (χ3n) is 13.5. The Hall–Kier alpha value is -7.22. The first kappa shape index (κ1) is 36.8. The molecule has 2 aliphatic rings. The molecule has 0 aromatic heterocycles. The second-order valence-electron chi connectivity index (χ2n) is 17.7. The first-order valence-corrected chi connectivity index (χ1v) is 21.5. The molecule has 61 heavy (non-hydrogen) atoms. The van der Waals surface area contributed by atoms with Gasteiger partial charge < -0.3 is 4.90 Å². The van der Waals surface area contributed by atoms with Crippen LogP contribution >= 0.6 is 0 Å². The Morgan fingerprint density at radius 1 is 0.262 bits per heavy atom. The summed E-state index contributed by atoms with van der Waals surface area (Å²) in [6, 6.07) is 78.7. The Labute approximate surface area is 360 Å². The summed E-state index contributed by atoms with van der Waals surface area (Å²) in [6.45, 7) is 9.47. The Morgan fingerprint density at radius 3 is 1.46 bits per heavy atom. The van der Waals surface area contributed by atoms with E-state index in [4.69, 9.17) is 0 Å². The van der Waals surface area contributed by atoms with Gasteiger partial charge in [0.1, 0.15) is 0 Å². The van der Waals surface area contributed by atoms with Gasteiger partial charge in [-0.1, -0.05) is 210 Å². The molecule has 0 spiro atoms. The summed E-state index contributed by atoms with van der Waals surface area (Å²) in [5.74, 6) is 0. The van der Waals surface area contributed by atoms with Crippen molar-refractivity contribution in [2.45, 2.75) is 38.5 Å². The lowest BCUT2D eigenvalue weighted by molar-refractivity contribution is 0.660. The maximum atomic E-state index is 2.54. The Balaban J connectivity index is 1.19. The van der Waals surface area contributed by atoms with Crippen LogP contribution in [0.2, 0.25) is 0 Å². The predicted octanol–water partition coefficient (Wildman–Crippen LogP) is 16.4. The van der Waals surface area contributed by atoms with Gasteiger partial charge in [0.05, 0.1) is 17.1 Å². The average molecular weight is 782 g/mol. The van der Waals surface area contributed by atoms with Gasteiger partial charge in [-0.15, -0.1) is 0 Å². The minimum absolute atomic E-state index is 0.113. The molecule has 292 valence electrons. The van der Waals surface area contributed by atoms with E-state index in [2.05, 4.69) is 245 Å². The van der Waals surface area contributed by atoms with E-state index in [1.165, 1.54) is 89.0 Å². The maximum absolute atomic E-state index is 2.54. The standard InChI is InChI=1S/C60H47N/c1-59(2)52-30-16-12-27-49(52)58-48(28-19-31-53(58)59)47-26-14-18-33-56(47)61(57-37-35-42(40-20-7-5-8-21-40)38-50(57)41-22-9-6-10-23-41)55-32-17-13-24-44(55)43-34-36-46-45-25-11-15-29-51(45)60(3,4)54(46)39-43/h5-39H,1-4H3. The third kappa shape index (κ3) is 5.83. The summed E-state index contributed by atoms with van der Waals surface area (Å²) >= 11 is 0. The van der Waals surface area contributed by atoms with Crippen molar-refractivity contribution in [1.29, 1.82) is 0 Å². The van der Waals surface area contributed by atoms with Crippen LogP contribution in [0, 0.1) is 0 Å². The van der Waals surface area contributed by atoms with Gasteiger partial charge in [-0.2, -0.15) is 0 Å². The molecule has 0 fully saturated rings. The van der Waals surface area contributed by atoms with Crippen LogP contribution in [0.5, 0.6) is 0 Å². The largest absolute Gasteiger partial charge is 0.309 e. The first-order chi connectivity index (χ1) is 29.8. The van der Waals surface area contributed by atoms with Crippen LogP contribution in [0.1, 0.15) is 49.9 Å². The van der Waals surface area contributed by atoms with E-state index < -0.39 is 0 Å². The second-order valence-corrected chi connectivity index (χ2v) is 17.7. The highest BCUT2D eigenvalue weighted by molar-refractivity contribution is 6.02. The van der Waals surface area contributed by atoms with E-state index in [1.807, 2.05) is 0 Å². The highest BCUT2D eigenvalue weighted by Crippen LogP contribution is 2.56. The zero-order valence-corrected chi connectivity index (χ0v) is 35.2. The molecule has 0 amide bonds. The number of hydrogen-bond donors (Lipinski definition) is 0. The molecular weight excluding hydrogens is 735 g/mol. The maximum Gasteiger partial charge on any atom is 0.0540 e. The number of rotatable bonds is 7. The quantitative estimate of drug-likeness (QED) is 0.156. The van der Waals surface area contributed by atoms with Crippen molar-refractivity contribution in [2.75, 3.05) is 4.90 Å². The Morgan fingerprint density at radius 2 is 0.738 bits per heavy atom. The Kier molecular flexibility index (Phi) is 8.58. The first-order valence-electron chi connectivity index (χ1n) is 21.5. The van der Waals surface area contributed by atoms with Crippen molar-refractivity contribution in [3.63, 3.8) is 0 Å². The van der Waals surface area contributed by atoms with Crippen molar-refractivity contribution in [2.24, 2.45) is 0 Å². The lowest BCUT2D eigenvalue weighted by Gasteiger charge is -2.32. The normalized spacial score (nSPS) is 13.8. The number of nitrogens with zero attached hydrogens (tertiary/aromatic N) is 1. The average Bonchev–Trinajstić information content (AvgIpc) is 3.69. The fourth-order valence-electron chi connectivity index (χ4n) is 10.4. The summed E-state index contributed by atoms with van der Waals surface area (Å²) in [6.07, 6.45) is 0. The zero-order chi connectivity index (χ0) is 41.3. The smallest absolute Gasteiger partial charge is 0.0540 e. The molecule has 9 aromatic carbocycles. The van der Waals surface area contributed by atoms with Crippen LogP contribution in [0.3, 0.4) is 0 Å². The molecule has 0 saturated carbocycles. The van der Waals surface area contributed by atoms with E-state index in [-0.39, 0.29) is 10.8 Å². The summed E-state index contributed by atoms with van der Waals surface area (Å²) in [5.41, 5.74) is 23.5. The molecule has 0 radical (unpaired) electrons. The van der Waals surface area contributed by atoms with Crippen molar-refractivity contribution in [1.82, 2.24) is 0 Å². The van der Waals surface area contributed by atoms with Gasteiger partial charge in [0, 0.05) is 27.5 Å². The molecule has 2 aliphatic carbocycles. The van der Waals surface area contributed by atoms with Gasteiger partial charge in [0.25, 0.3) is 0 Å². The van der Waals surface area contributed by atoms with Gasteiger partial charge in [0.2, 0.25) is 0 Å². The van der Waals surface area contributed by atoms with Crippen molar-refractivity contribution in [3.8, 4) is 66.8 Å². The highest BCUT2D eigenvalue weighted by Gasteiger charge is 2.38. The molecule has 0 atom stereocenters. The molecule has 0 unspecified atom stereocenters. The second kappa shape index (κ2) is 14.2. The van der Waals surface area contributed by atoms with Crippen LogP contribution in [0.15, 0.2) is 212 Å². The van der Waals surface area contributed by atoms with Gasteiger partial charge in [-0.05, 0) is 103 Å². The fraction of sp³-hybridized carbons (Fsp3) is 0.100. The summed E-state index contributed by atoms with van der Waals surface area (Å²) < 4.78 is 0. The summed E-state index contributed by atoms with van der Waals surface area (Å²) in [5, 5.41) is 0. The molecule has 0 heterocycles. The highest BCUT2D eigenvalue weighted by atomic mass is 15.1. The molecule has 1 nitrogen and oxygen atoms in total. The molecule has 11 rings (SSSR count). The lowest BCUT2D eigenvalue weighted by atomic mass is 9.81. The van der Waals surface area contributed by atoms with Crippen LogP contribution in [-0.2, 0) is 10.8 Å². The van der Waals surface area contributed by atoms with Gasteiger partial charge in [0.15, 0.2) is 0 Å². The lowest BCUT2D eigenvalue weighted by Crippen LogP contribution is -2.16. The third-order valence-corrected chi connectivity index (χ3v) is 13.5. The van der Waals surface area contributed by atoms with E-state index >= 15 is 0 Å². The number of fused-ring (bicyclic) bond motifs is 6. The topological polar surface area (TPSA) is 3.24 Å². The molecule has 0 saturated heterocycles. The van der Waals surface area contributed by atoms with Crippen LogP contribution in [0.25, 0.3) is 66.8 Å². The van der Waals surface area contributed by atoms with Crippen LogP contribution in [0.4, 0.5) is 17.1 Å². The fourth-order valence-corrected chi connectivity index (χ4v) is 10.4. The molecule has 0 N–H and O–H groups in total. The predicted molar refractivity (Wildman–Crippen MR) is 258 cm³/mol. The van der Waals surface area contributed by atoms with Crippen molar-refractivity contribution in [3.05, 3.63) is 235 Å².